The molecule has 0 radical (unpaired) electrons. The molecule has 0 aliphatic heterocycles. The first-order valence-electron chi connectivity index (χ1n) is 19.2. The maximum absolute atomic E-state index is 6.45. The van der Waals surface area contributed by atoms with E-state index in [0.717, 1.165) is 60.9 Å². The molecule has 0 fully saturated rings. The van der Waals surface area contributed by atoms with Gasteiger partial charge in [-0.2, -0.15) is 0 Å². The standard InChI is InChI=1S/C53H33N3O/c1-2-9-34(10-3-1)43-29-22-38-23-30-44(33-45(38)32-43)37-19-26-40(27-20-37)52-54-51(39-24-17-36(18-25-39)42-28-21-35-11-4-5-12-41(35)31-42)55-53(56-52)48-15-8-14-47-46-13-6-7-16-49(46)57-50(47)48/h1-33H. The minimum absolute atomic E-state index is 0.561. The van der Waals surface area contributed by atoms with E-state index in [1.54, 1.807) is 0 Å². The minimum Gasteiger partial charge on any atom is -0.455 e. The maximum Gasteiger partial charge on any atom is 0.167 e. The smallest absolute Gasteiger partial charge is 0.167 e. The summed E-state index contributed by atoms with van der Waals surface area (Å²) in [7, 11) is 0. The van der Waals surface area contributed by atoms with Gasteiger partial charge < -0.3 is 4.42 Å². The lowest BCUT2D eigenvalue weighted by Crippen LogP contribution is -2.00. The molecule has 0 aliphatic carbocycles. The summed E-state index contributed by atoms with van der Waals surface area (Å²) >= 11 is 0. The molecule has 57 heavy (non-hydrogen) atoms. The van der Waals surface area contributed by atoms with Crippen molar-refractivity contribution in [2.45, 2.75) is 0 Å². The van der Waals surface area contributed by atoms with E-state index in [2.05, 4.69) is 170 Å². The van der Waals surface area contributed by atoms with Crippen LogP contribution in [-0.2, 0) is 0 Å². The van der Waals surface area contributed by atoms with Crippen molar-refractivity contribution < 1.29 is 4.42 Å². The summed E-state index contributed by atoms with van der Waals surface area (Å²) in [6, 6.07) is 70.1. The first-order chi connectivity index (χ1) is 28.2. The van der Waals surface area contributed by atoms with Crippen molar-refractivity contribution in [2.24, 2.45) is 0 Å². The van der Waals surface area contributed by atoms with Crippen molar-refractivity contribution >= 4 is 43.5 Å². The number of benzene rings is 9. The zero-order chi connectivity index (χ0) is 37.7. The second kappa shape index (κ2) is 13.6. The first kappa shape index (κ1) is 32.7. The topological polar surface area (TPSA) is 51.8 Å². The highest BCUT2D eigenvalue weighted by Crippen LogP contribution is 2.37. The summed E-state index contributed by atoms with van der Waals surface area (Å²) in [6.45, 7) is 0. The molecule has 0 unspecified atom stereocenters. The van der Waals surface area contributed by atoms with Crippen LogP contribution in [0, 0.1) is 0 Å². The van der Waals surface area contributed by atoms with Crippen LogP contribution in [0.25, 0.3) is 111 Å². The number of fused-ring (bicyclic) bond motifs is 5. The zero-order valence-corrected chi connectivity index (χ0v) is 30.8. The number of furan rings is 1. The Balaban J connectivity index is 0.994. The van der Waals surface area contributed by atoms with Gasteiger partial charge in [-0.25, -0.2) is 15.0 Å². The van der Waals surface area contributed by atoms with Gasteiger partial charge in [0.15, 0.2) is 17.5 Å². The van der Waals surface area contributed by atoms with Crippen molar-refractivity contribution in [3.63, 3.8) is 0 Å². The van der Waals surface area contributed by atoms with Gasteiger partial charge in [0.05, 0.1) is 5.56 Å². The van der Waals surface area contributed by atoms with Gasteiger partial charge >= 0.3 is 0 Å². The van der Waals surface area contributed by atoms with E-state index in [0.29, 0.717) is 17.5 Å². The van der Waals surface area contributed by atoms with E-state index in [9.17, 15) is 0 Å². The molecule has 4 heteroatoms. The molecule has 2 aromatic heterocycles. The van der Waals surface area contributed by atoms with Crippen molar-refractivity contribution in [1.82, 2.24) is 15.0 Å². The summed E-state index contributed by atoms with van der Waals surface area (Å²) in [6.07, 6.45) is 0. The lowest BCUT2D eigenvalue weighted by Gasteiger charge is -2.11. The fraction of sp³-hybridized carbons (Fsp3) is 0. The lowest BCUT2D eigenvalue weighted by molar-refractivity contribution is 0.669. The van der Waals surface area contributed by atoms with Gasteiger partial charge in [0.25, 0.3) is 0 Å². The van der Waals surface area contributed by atoms with Gasteiger partial charge in [0.2, 0.25) is 0 Å². The Hall–Kier alpha value is -7.69. The van der Waals surface area contributed by atoms with Crippen LogP contribution in [-0.4, -0.2) is 15.0 Å². The molecule has 0 aliphatic rings. The average Bonchev–Trinajstić information content (AvgIpc) is 3.68. The number of aromatic nitrogens is 3. The molecule has 266 valence electrons. The van der Waals surface area contributed by atoms with Crippen LogP contribution < -0.4 is 0 Å². The van der Waals surface area contributed by atoms with Gasteiger partial charge in [-0.05, 0) is 85.3 Å². The monoisotopic (exact) mass is 727 g/mol. The van der Waals surface area contributed by atoms with E-state index >= 15 is 0 Å². The quantitative estimate of drug-likeness (QED) is 0.171. The molecular formula is C53H33N3O. The fourth-order valence-corrected chi connectivity index (χ4v) is 7.91. The predicted molar refractivity (Wildman–Crippen MR) is 235 cm³/mol. The number of hydrogen-bond donors (Lipinski definition) is 0. The van der Waals surface area contributed by atoms with Crippen molar-refractivity contribution in [3.8, 4) is 67.5 Å². The Labute approximate surface area is 329 Å². The first-order valence-corrected chi connectivity index (χ1v) is 19.2. The Morgan fingerprint density at radius 2 is 0.737 bits per heavy atom. The Kier molecular flexibility index (Phi) is 7.78. The van der Waals surface area contributed by atoms with Crippen molar-refractivity contribution in [1.29, 1.82) is 0 Å². The van der Waals surface area contributed by atoms with E-state index in [4.69, 9.17) is 19.4 Å². The van der Waals surface area contributed by atoms with Crippen LogP contribution in [0.3, 0.4) is 0 Å². The summed E-state index contributed by atoms with van der Waals surface area (Å²) in [5.74, 6) is 1.76. The van der Waals surface area contributed by atoms with Crippen LogP contribution in [0.1, 0.15) is 0 Å². The second-order valence-electron chi connectivity index (χ2n) is 14.4. The summed E-state index contributed by atoms with van der Waals surface area (Å²) in [5.41, 5.74) is 11.2. The average molecular weight is 728 g/mol. The molecule has 0 saturated heterocycles. The highest BCUT2D eigenvalue weighted by molar-refractivity contribution is 6.09. The molecule has 9 aromatic carbocycles. The minimum atomic E-state index is 0.561. The van der Waals surface area contributed by atoms with Gasteiger partial charge in [-0.3, -0.25) is 0 Å². The molecule has 0 saturated carbocycles. The molecule has 2 heterocycles. The Morgan fingerprint density at radius 3 is 1.39 bits per heavy atom. The highest BCUT2D eigenvalue weighted by atomic mass is 16.3. The fourth-order valence-electron chi connectivity index (χ4n) is 7.91. The van der Waals surface area contributed by atoms with Gasteiger partial charge in [0, 0.05) is 21.9 Å². The number of para-hydroxylation sites is 2. The zero-order valence-electron chi connectivity index (χ0n) is 30.8. The van der Waals surface area contributed by atoms with E-state index in [1.807, 2.05) is 30.3 Å². The Morgan fingerprint density at radius 1 is 0.281 bits per heavy atom. The van der Waals surface area contributed by atoms with Crippen LogP contribution in [0.15, 0.2) is 205 Å². The maximum atomic E-state index is 6.45. The normalized spacial score (nSPS) is 11.5. The number of nitrogens with zero attached hydrogens (tertiary/aromatic N) is 3. The molecule has 0 N–H and O–H groups in total. The second-order valence-corrected chi connectivity index (χ2v) is 14.4. The van der Waals surface area contributed by atoms with Crippen LogP contribution >= 0.6 is 0 Å². The van der Waals surface area contributed by atoms with Crippen molar-refractivity contribution in [2.75, 3.05) is 0 Å². The van der Waals surface area contributed by atoms with E-state index < -0.39 is 0 Å². The van der Waals surface area contributed by atoms with Crippen LogP contribution in [0.2, 0.25) is 0 Å². The Bertz CT molecular complexity index is 3280. The molecule has 4 nitrogen and oxygen atoms in total. The van der Waals surface area contributed by atoms with Gasteiger partial charge in [0.1, 0.15) is 11.2 Å². The molecule has 11 aromatic rings. The molecule has 0 atom stereocenters. The molecule has 11 rings (SSSR count). The SMILES string of the molecule is c1ccc(-c2ccc3ccc(-c4ccc(-c5nc(-c6ccc(-c7ccc8ccccc8c7)cc6)nc(-c6cccc7c6oc6ccccc67)n5)cc4)cc3c2)cc1. The highest BCUT2D eigenvalue weighted by Gasteiger charge is 2.18. The molecule has 0 bridgehead atoms. The molecule has 0 amide bonds. The third kappa shape index (κ3) is 6.01. The third-order valence-corrected chi connectivity index (χ3v) is 10.9. The molecule has 0 spiro atoms. The summed E-state index contributed by atoms with van der Waals surface area (Å²) < 4.78 is 6.45. The van der Waals surface area contributed by atoms with Crippen LogP contribution in [0.5, 0.6) is 0 Å². The summed E-state index contributed by atoms with van der Waals surface area (Å²) in [4.78, 5) is 15.3. The summed E-state index contributed by atoms with van der Waals surface area (Å²) in [5, 5.41) is 6.96. The largest absolute Gasteiger partial charge is 0.455 e. The van der Waals surface area contributed by atoms with Crippen LogP contribution in [0.4, 0.5) is 0 Å². The van der Waals surface area contributed by atoms with Gasteiger partial charge in [-0.15, -0.1) is 0 Å². The van der Waals surface area contributed by atoms with E-state index in [-0.39, 0.29) is 0 Å². The van der Waals surface area contributed by atoms with Crippen molar-refractivity contribution in [3.05, 3.63) is 200 Å². The number of rotatable bonds is 6. The lowest BCUT2D eigenvalue weighted by atomic mass is 9.97. The van der Waals surface area contributed by atoms with Gasteiger partial charge in [-0.1, -0.05) is 170 Å². The third-order valence-electron chi connectivity index (χ3n) is 10.9. The molecular weight excluding hydrogens is 695 g/mol. The van der Waals surface area contributed by atoms with E-state index in [1.165, 1.54) is 32.7 Å². The predicted octanol–water partition coefficient (Wildman–Crippen LogP) is 14.1. The number of hydrogen-bond acceptors (Lipinski definition) is 4.